The zero-order valence-corrected chi connectivity index (χ0v) is 17.6. The second-order valence-corrected chi connectivity index (χ2v) is 7.32. The summed E-state index contributed by atoms with van der Waals surface area (Å²) in [7, 11) is 0. The van der Waals surface area contributed by atoms with Crippen LogP contribution in [-0.4, -0.2) is 25.8 Å². The van der Waals surface area contributed by atoms with Gasteiger partial charge in [-0.25, -0.2) is 9.78 Å². The summed E-state index contributed by atoms with van der Waals surface area (Å²) in [6.07, 6.45) is 0. The number of halogens is 1. The van der Waals surface area contributed by atoms with Crippen molar-refractivity contribution in [3.63, 3.8) is 0 Å². The molecule has 4 rings (SSSR count). The highest BCUT2D eigenvalue weighted by molar-refractivity contribution is 6.30. The van der Waals surface area contributed by atoms with Crippen LogP contribution in [0.15, 0.2) is 65.5 Å². The number of rotatable bonds is 4. The van der Waals surface area contributed by atoms with Crippen LogP contribution in [0.2, 0.25) is 5.02 Å². The van der Waals surface area contributed by atoms with Gasteiger partial charge in [-0.2, -0.15) is 9.78 Å². The average Bonchev–Trinajstić information content (AvgIpc) is 3.16. The summed E-state index contributed by atoms with van der Waals surface area (Å²) in [5.41, 5.74) is 2.83. The molecular weight excluding hydrogens is 416 g/mol. The summed E-state index contributed by atoms with van der Waals surface area (Å²) in [6.45, 7) is 3.44. The Morgan fingerprint density at radius 1 is 1.03 bits per heavy atom. The third-order valence-corrected chi connectivity index (χ3v) is 4.92. The largest absolute Gasteiger partial charge is 0.324 e. The number of benzene rings is 2. The Labute approximate surface area is 182 Å². The lowest BCUT2D eigenvalue weighted by molar-refractivity contribution is 0.262. The molecule has 2 amide bonds. The van der Waals surface area contributed by atoms with Gasteiger partial charge in [0.25, 0.3) is 5.56 Å². The van der Waals surface area contributed by atoms with Gasteiger partial charge in [0.2, 0.25) is 5.95 Å². The van der Waals surface area contributed by atoms with E-state index in [-0.39, 0.29) is 11.5 Å². The fourth-order valence-electron chi connectivity index (χ4n) is 2.96. The molecule has 3 N–H and O–H groups in total. The number of hydrogen-bond acceptors (Lipinski definition) is 4. The van der Waals surface area contributed by atoms with Crippen LogP contribution >= 0.6 is 11.6 Å². The Bertz CT molecular complexity index is 1310. The Morgan fingerprint density at radius 3 is 2.52 bits per heavy atom. The highest BCUT2D eigenvalue weighted by Crippen LogP contribution is 2.24. The normalized spacial score (nSPS) is 10.7. The summed E-state index contributed by atoms with van der Waals surface area (Å²) in [4.78, 5) is 32.0. The van der Waals surface area contributed by atoms with Crippen LogP contribution in [0.1, 0.15) is 11.3 Å². The van der Waals surface area contributed by atoms with Crippen LogP contribution in [0.25, 0.3) is 17.2 Å². The lowest BCUT2D eigenvalue weighted by atomic mass is 10.2. The van der Waals surface area contributed by atoms with E-state index in [2.05, 4.69) is 25.7 Å². The van der Waals surface area contributed by atoms with Gasteiger partial charge in [-0.1, -0.05) is 48.0 Å². The third kappa shape index (κ3) is 4.49. The molecule has 0 aliphatic heterocycles. The van der Waals surface area contributed by atoms with Gasteiger partial charge in [0.15, 0.2) is 0 Å². The number of nitrogens with one attached hydrogen (secondary N) is 3. The predicted octanol–water partition coefficient (Wildman–Crippen LogP) is 4.54. The number of H-pyrrole nitrogens is 1. The minimum absolute atomic E-state index is 0.202. The predicted molar refractivity (Wildman–Crippen MR) is 121 cm³/mol. The van der Waals surface area contributed by atoms with Gasteiger partial charge in [0.05, 0.1) is 5.69 Å². The minimum atomic E-state index is -0.491. The molecule has 0 spiro atoms. The van der Waals surface area contributed by atoms with E-state index in [1.54, 1.807) is 44.2 Å². The first-order chi connectivity index (χ1) is 14.9. The fraction of sp³-hybridized carbons (Fsp3) is 0.0909. The molecule has 4 aromatic rings. The van der Waals surface area contributed by atoms with Crippen LogP contribution in [0, 0.1) is 13.8 Å². The SMILES string of the molecule is Cc1nc(-n2nc(-c3ccccc3)cc2NC(=O)Nc2cccc(Cl)c2)[nH]c(=O)c1C. The maximum Gasteiger partial charge on any atom is 0.324 e. The van der Waals surface area contributed by atoms with Crippen LogP contribution in [0.3, 0.4) is 0 Å². The second kappa shape index (κ2) is 8.45. The Hall–Kier alpha value is -3.91. The topological polar surface area (TPSA) is 105 Å². The molecule has 0 radical (unpaired) electrons. The van der Waals surface area contributed by atoms with Gasteiger partial charge in [-0.15, -0.1) is 0 Å². The number of carbonyl (C=O) groups excluding carboxylic acids is 1. The Balaban J connectivity index is 1.72. The first-order valence-electron chi connectivity index (χ1n) is 9.47. The molecule has 0 bridgehead atoms. The van der Waals surface area contributed by atoms with E-state index in [0.29, 0.717) is 33.5 Å². The molecule has 2 aromatic heterocycles. The lowest BCUT2D eigenvalue weighted by Gasteiger charge is -2.10. The summed E-state index contributed by atoms with van der Waals surface area (Å²) >= 11 is 5.98. The first kappa shape index (κ1) is 20.4. The molecule has 9 heteroatoms. The van der Waals surface area contributed by atoms with Gasteiger partial charge in [-0.05, 0) is 32.0 Å². The van der Waals surface area contributed by atoms with Gasteiger partial charge >= 0.3 is 6.03 Å². The van der Waals surface area contributed by atoms with Crippen molar-refractivity contribution in [3.05, 3.63) is 87.3 Å². The van der Waals surface area contributed by atoms with Crippen LogP contribution in [-0.2, 0) is 0 Å². The average molecular weight is 435 g/mol. The van der Waals surface area contributed by atoms with Gasteiger partial charge < -0.3 is 5.32 Å². The Kier molecular flexibility index (Phi) is 5.55. The van der Waals surface area contributed by atoms with E-state index in [0.717, 1.165) is 5.56 Å². The van der Waals surface area contributed by atoms with Gasteiger partial charge in [0, 0.05) is 33.6 Å². The zero-order valence-electron chi connectivity index (χ0n) is 16.8. The molecule has 0 saturated carbocycles. The third-order valence-electron chi connectivity index (χ3n) is 4.69. The molecular formula is C22H19ClN6O2. The number of hydrogen-bond donors (Lipinski definition) is 3. The lowest BCUT2D eigenvalue weighted by Crippen LogP contribution is -2.23. The summed E-state index contributed by atoms with van der Waals surface area (Å²) in [6, 6.07) is 17.5. The highest BCUT2D eigenvalue weighted by Gasteiger charge is 2.16. The first-order valence-corrected chi connectivity index (χ1v) is 9.85. The zero-order chi connectivity index (χ0) is 22.0. The number of carbonyl (C=O) groups is 1. The van der Waals surface area contributed by atoms with Crippen molar-refractivity contribution in [1.82, 2.24) is 19.7 Å². The van der Waals surface area contributed by atoms with Crippen molar-refractivity contribution >= 4 is 29.1 Å². The van der Waals surface area contributed by atoms with E-state index in [4.69, 9.17) is 11.6 Å². The number of nitrogens with zero attached hydrogens (tertiary/aromatic N) is 3. The standard InChI is InChI=1S/C22H19ClN6O2/c1-13-14(2)24-21(27-20(13)30)29-19(12-18(28-29)15-7-4-3-5-8-15)26-22(31)25-17-10-6-9-16(23)11-17/h3-12H,1-2H3,(H,24,27,30)(H2,25,26,31). The molecule has 8 nitrogen and oxygen atoms in total. The van der Waals surface area contributed by atoms with Crippen LogP contribution in [0.5, 0.6) is 0 Å². The van der Waals surface area contributed by atoms with Crippen molar-refractivity contribution in [1.29, 1.82) is 0 Å². The molecule has 31 heavy (non-hydrogen) atoms. The summed E-state index contributed by atoms with van der Waals surface area (Å²) < 4.78 is 1.40. The Morgan fingerprint density at radius 2 is 1.81 bits per heavy atom. The molecule has 0 aliphatic rings. The van der Waals surface area contributed by atoms with E-state index >= 15 is 0 Å². The molecule has 0 atom stereocenters. The number of urea groups is 1. The molecule has 2 heterocycles. The monoisotopic (exact) mass is 434 g/mol. The van der Waals surface area contributed by atoms with Crippen LogP contribution < -0.4 is 16.2 Å². The van der Waals surface area contributed by atoms with Crippen molar-refractivity contribution in [3.8, 4) is 17.2 Å². The highest BCUT2D eigenvalue weighted by atomic mass is 35.5. The maximum atomic E-state index is 12.6. The second-order valence-electron chi connectivity index (χ2n) is 6.88. The molecule has 156 valence electrons. The molecule has 0 unspecified atom stereocenters. The number of anilines is 2. The summed E-state index contributed by atoms with van der Waals surface area (Å²) in [5.74, 6) is 0.540. The van der Waals surface area contributed by atoms with E-state index < -0.39 is 6.03 Å². The van der Waals surface area contributed by atoms with Crippen molar-refractivity contribution in [2.75, 3.05) is 10.6 Å². The minimum Gasteiger partial charge on any atom is -0.308 e. The molecule has 0 fully saturated rings. The smallest absolute Gasteiger partial charge is 0.308 e. The number of aryl methyl sites for hydroxylation is 1. The van der Waals surface area contributed by atoms with Crippen molar-refractivity contribution < 1.29 is 4.79 Å². The number of amides is 2. The van der Waals surface area contributed by atoms with Gasteiger partial charge in [-0.3, -0.25) is 15.1 Å². The molecule has 0 aliphatic carbocycles. The van der Waals surface area contributed by atoms with E-state index in [1.165, 1.54) is 4.68 Å². The van der Waals surface area contributed by atoms with E-state index in [9.17, 15) is 9.59 Å². The van der Waals surface area contributed by atoms with E-state index in [1.807, 2.05) is 30.3 Å². The van der Waals surface area contributed by atoms with Gasteiger partial charge in [0.1, 0.15) is 5.82 Å². The summed E-state index contributed by atoms with van der Waals surface area (Å²) in [5, 5.41) is 10.6. The number of aromatic nitrogens is 4. The quantitative estimate of drug-likeness (QED) is 0.438. The van der Waals surface area contributed by atoms with Crippen molar-refractivity contribution in [2.45, 2.75) is 13.8 Å². The molecule has 0 saturated heterocycles. The molecule has 2 aromatic carbocycles. The fourth-order valence-corrected chi connectivity index (χ4v) is 3.15. The van der Waals surface area contributed by atoms with Crippen molar-refractivity contribution in [2.24, 2.45) is 0 Å². The number of aromatic amines is 1. The maximum absolute atomic E-state index is 12.6. The van der Waals surface area contributed by atoms with Crippen LogP contribution in [0.4, 0.5) is 16.3 Å².